The Labute approximate surface area is 155 Å². The summed E-state index contributed by atoms with van der Waals surface area (Å²) >= 11 is 0. The Morgan fingerprint density at radius 1 is 0.593 bits per heavy atom. The highest BCUT2D eigenvalue weighted by Crippen LogP contribution is 2.41. The van der Waals surface area contributed by atoms with Crippen LogP contribution in [-0.4, -0.2) is 4.98 Å². The molecule has 2 heteroatoms. The van der Waals surface area contributed by atoms with Gasteiger partial charge in [-0.2, -0.15) is 0 Å². The first-order valence-corrected chi connectivity index (χ1v) is 9.07. The molecule has 0 amide bonds. The summed E-state index contributed by atoms with van der Waals surface area (Å²) < 4.78 is 6.34. The summed E-state index contributed by atoms with van der Waals surface area (Å²) in [6, 6.07) is 29.4. The molecule has 0 N–H and O–H groups in total. The van der Waals surface area contributed by atoms with E-state index in [4.69, 9.17) is 4.42 Å². The smallest absolute Gasteiger partial charge is 0.143 e. The van der Waals surface area contributed by atoms with Crippen molar-refractivity contribution in [2.24, 2.45) is 0 Å². The Balaban J connectivity index is 1.83. The monoisotopic (exact) mass is 345 g/mol. The van der Waals surface area contributed by atoms with E-state index in [1.54, 1.807) is 0 Å². The number of hydrogen-bond donors (Lipinski definition) is 0. The van der Waals surface area contributed by atoms with E-state index in [2.05, 4.69) is 71.7 Å². The summed E-state index contributed by atoms with van der Waals surface area (Å²) in [5, 5.41) is 7.17. The summed E-state index contributed by atoms with van der Waals surface area (Å²) in [7, 11) is 0. The molecule has 0 aliphatic rings. The lowest BCUT2D eigenvalue weighted by atomic mass is 9.96. The average molecular weight is 345 g/mol. The van der Waals surface area contributed by atoms with E-state index in [1.165, 1.54) is 21.5 Å². The summed E-state index contributed by atoms with van der Waals surface area (Å²) in [5.41, 5.74) is 3.94. The molecule has 0 unspecified atom stereocenters. The van der Waals surface area contributed by atoms with Crippen LogP contribution in [0.25, 0.3) is 54.7 Å². The Hall–Kier alpha value is -3.65. The molecule has 126 valence electrons. The molecule has 0 fully saturated rings. The van der Waals surface area contributed by atoms with Crippen molar-refractivity contribution in [3.63, 3.8) is 0 Å². The molecule has 6 rings (SSSR count). The lowest BCUT2D eigenvalue weighted by molar-refractivity contribution is 0.673. The van der Waals surface area contributed by atoms with E-state index in [9.17, 15) is 0 Å². The van der Waals surface area contributed by atoms with E-state index in [0.29, 0.717) is 0 Å². The molecule has 6 aromatic rings. The fourth-order valence-electron chi connectivity index (χ4n) is 4.10. The van der Waals surface area contributed by atoms with Crippen molar-refractivity contribution in [3.8, 4) is 11.3 Å². The molecule has 2 heterocycles. The molecule has 4 aromatic carbocycles. The van der Waals surface area contributed by atoms with Gasteiger partial charge in [0, 0.05) is 27.9 Å². The van der Waals surface area contributed by atoms with Gasteiger partial charge < -0.3 is 4.42 Å². The van der Waals surface area contributed by atoms with Crippen LogP contribution in [0.3, 0.4) is 0 Å². The Bertz CT molecular complexity index is 1460. The molecule has 0 aliphatic heterocycles. The summed E-state index contributed by atoms with van der Waals surface area (Å²) in [5.74, 6) is 0. The zero-order chi connectivity index (χ0) is 17.8. The van der Waals surface area contributed by atoms with Crippen molar-refractivity contribution >= 4 is 43.5 Å². The summed E-state index contributed by atoms with van der Waals surface area (Å²) in [6.07, 6.45) is 1.83. The van der Waals surface area contributed by atoms with Crippen molar-refractivity contribution in [2.75, 3.05) is 0 Å². The molecule has 0 atom stereocenters. The second kappa shape index (κ2) is 5.42. The summed E-state index contributed by atoms with van der Waals surface area (Å²) in [4.78, 5) is 4.50. The van der Waals surface area contributed by atoms with Crippen LogP contribution < -0.4 is 0 Å². The van der Waals surface area contributed by atoms with Crippen LogP contribution in [0.4, 0.5) is 0 Å². The quantitative estimate of drug-likeness (QED) is 0.301. The van der Waals surface area contributed by atoms with Gasteiger partial charge in [-0.25, -0.2) is 0 Å². The zero-order valence-corrected chi connectivity index (χ0v) is 14.5. The normalized spacial score (nSPS) is 11.7. The zero-order valence-electron chi connectivity index (χ0n) is 14.5. The van der Waals surface area contributed by atoms with Crippen LogP contribution in [0.1, 0.15) is 0 Å². The van der Waals surface area contributed by atoms with Crippen molar-refractivity contribution in [2.45, 2.75) is 0 Å². The molecule has 2 aromatic heterocycles. The van der Waals surface area contributed by atoms with Crippen molar-refractivity contribution in [1.82, 2.24) is 4.98 Å². The van der Waals surface area contributed by atoms with E-state index < -0.39 is 0 Å². The molecule has 0 spiro atoms. The maximum absolute atomic E-state index is 6.34. The minimum Gasteiger partial charge on any atom is -0.455 e. The molecule has 0 radical (unpaired) electrons. The molecular weight excluding hydrogens is 330 g/mol. The maximum atomic E-state index is 6.34. The average Bonchev–Trinajstić information content (AvgIpc) is 3.14. The molecule has 0 bridgehead atoms. The molecule has 0 saturated heterocycles. The van der Waals surface area contributed by atoms with Crippen LogP contribution in [-0.2, 0) is 0 Å². The highest BCUT2D eigenvalue weighted by molar-refractivity contribution is 6.30. The van der Waals surface area contributed by atoms with Gasteiger partial charge in [-0.15, -0.1) is 0 Å². The molecule has 0 aliphatic carbocycles. The standard InChI is InChI=1S/C25H15NO/c1-3-9-19-17(7-1)18-8-2-4-10-20(18)25-24(19)21-15-16(12-13-23(21)27-25)22-11-5-6-14-26-22/h1-15H. The number of fused-ring (bicyclic) bond motifs is 8. The lowest BCUT2D eigenvalue weighted by Gasteiger charge is -2.06. The van der Waals surface area contributed by atoms with Crippen LogP contribution in [0.2, 0.25) is 0 Å². The molecule has 27 heavy (non-hydrogen) atoms. The number of hydrogen-bond acceptors (Lipinski definition) is 2. The van der Waals surface area contributed by atoms with Gasteiger partial charge in [0.2, 0.25) is 0 Å². The fraction of sp³-hybridized carbons (Fsp3) is 0. The van der Waals surface area contributed by atoms with Gasteiger partial charge in [0.25, 0.3) is 0 Å². The highest BCUT2D eigenvalue weighted by atomic mass is 16.3. The minimum atomic E-state index is 0.909. The van der Waals surface area contributed by atoms with Crippen LogP contribution in [0.15, 0.2) is 95.5 Å². The van der Waals surface area contributed by atoms with Gasteiger partial charge in [-0.1, -0.05) is 54.6 Å². The van der Waals surface area contributed by atoms with Crippen molar-refractivity contribution in [3.05, 3.63) is 91.1 Å². The fourth-order valence-corrected chi connectivity index (χ4v) is 4.10. The topological polar surface area (TPSA) is 26.0 Å². The SMILES string of the molecule is c1ccc(-c2ccc3oc4c5ccccc5c5ccccc5c4c3c2)nc1. The predicted octanol–water partition coefficient (Wildman–Crippen LogP) is 6.95. The minimum absolute atomic E-state index is 0.909. The number of pyridine rings is 1. The number of furan rings is 1. The first-order valence-electron chi connectivity index (χ1n) is 9.07. The molecular formula is C25H15NO. The Kier molecular flexibility index (Phi) is 2.91. The van der Waals surface area contributed by atoms with Gasteiger partial charge in [0.05, 0.1) is 5.69 Å². The largest absolute Gasteiger partial charge is 0.455 e. The van der Waals surface area contributed by atoms with Crippen molar-refractivity contribution in [1.29, 1.82) is 0 Å². The third kappa shape index (κ3) is 2.04. The second-order valence-electron chi connectivity index (χ2n) is 6.82. The van der Waals surface area contributed by atoms with E-state index >= 15 is 0 Å². The molecule has 0 saturated carbocycles. The second-order valence-corrected chi connectivity index (χ2v) is 6.82. The van der Waals surface area contributed by atoms with Gasteiger partial charge in [0.15, 0.2) is 0 Å². The van der Waals surface area contributed by atoms with Crippen LogP contribution >= 0.6 is 0 Å². The van der Waals surface area contributed by atoms with Crippen molar-refractivity contribution < 1.29 is 4.42 Å². The number of nitrogens with zero attached hydrogens (tertiary/aromatic N) is 1. The lowest BCUT2D eigenvalue weighted by Crippen LogP contribution is -1.82. The van der Waals surface area contributed by atoms with E-state index in [1.807, 2.05) is 24.4 Å². The van der Waals surface area contributed by atoms with Crippen LogP contribution in [0.5, 0.6) is 0 Å². The molecule has 2 nitrogen and oxygen atoms in total. The summed E-state index contributed by atoms with van der Waals surface area (Å²) in [6.45, 7) is 0. The third-order valence-corrected chi connectivity index (χ3v) is 5.31. The first-order chi connectivity index (χ1) is 13.4. The van der Waals surface area contributed by atoms with Gasteiger partial charge in [-0.3, -0.25) is 4.98 Å². The van der Waals surface area contributed by atoms with Gasteiger partial charge >= 0.3 is 0 Å². The first kappa shape index (κ1) is 14.5. The van der Waals surface area contributed by atoms with Gasteiger partial charge in [0.1, 0.15) is 11.2 Å². The highest BCUT2D eigenvalue weighted by Gasteiger charge is 2.16. The van der Waals surface area contributed by atoms with Crippen LogP contribution in [0, 0.1) is 0 Å². The predicted molar refractivity (Wildman–Crippen MR) is 112 cm³/mol. The Morgan fingerprint density at radius 3 is 2.07 bits per heavy atom. The number of aromatic nitrogens is 1. The number of rotatable bonds is 1. The Morgan fingerprint density at radius 2 is 1.30 bits per heavy atom. The third-order valence-electron chi connectivity index (χ3n) is 5.31. The maximum Gasteiger partial charge on any atom is 0.143 e. The van der Waals surface area contributed by atoms with E-state index in [0.717, 1.165) is 33.2 Å². The van der Waals surface area contributed by atoms with E-state index in [-0.39, 0.29) is 0 Å². The van der Waals surface area contributed by atoms with Gasteiger partial charge in [-0.05, 0) is 46.5 Å². The number of benzene rings is 4.